The third-order valence-electron chi connectivity index (χ3n) is 6.25. The maximum atomic E-state index is 12.9. The number of nitrogens with one attached hydrogen (secondary N) is 3. The van der Waals surface area contributed by atoms with E-state index in [4.69, 9.17) is 0 Å². The minimum atomic E-state index is -3.53. The van der Waals surface area contributed by atoms with E-state index in [9.17, 15) is 18.0 Å². The lowest BCUT2D eigenvalue weighted by atomic mass is 9.81. The first-order chi connectivity index (χ1) is 16.3. The van der Waals surface area contributed by atoms with Crippen molar-refractivity contribution in [3.8, 4) is 0 Å². The van der Waals surface area contributed by atoms with E-state index >= 15 is 0 Å². The van der Waals surface area contributed by atoms with Gasteiger partial charge in [0.1, 0.15) is 6.04 Å². The first-order valence-corrected chi connectivity index (χ1v) is 13.3. The lowest BCUT2D eigenvalue weighted by Crippen LogP contribution is -2.51. The highest BCUT2D eigenvalue weighted by Gasteiger charge is 2.31. The molecule has 3 rings (SSSR count). The fourth-order valence-electron chi connectivity index (χ4n) is 4.14. The van der Waals surface area contributed by atoms with Crippen LogP contribution in [0.1, 0.15) is 45.2 Å². The van der Waals surface area contributed by atoms with E-state index < -0.39 is 16.1 Å². The lowest BCUT2D eigenvalue weighted by Gasteiger charge is -2.30. The fourth-order valence-corrected chi connectivity index (χ4v) is 5.27. The molecule has 1 aromatic heterocycles. The largest absolute Gasteiger partial charge is 0.349 e. The maximum Gasteiger partial charge on any atom is 0.243 e. The molecule has 1 aliphatic carbocycles. The Kier molecular flexibility index (Phi) is 9.18. The summed E-state index contributed by atoms with van der Waals surface area (Å²) in [6.45, 7) is 4.47. The minimum Gasteiger partial charge on any atom is -0.349 e. The standard InChI is InChI=1S/C25H34N4O4S/c1-18(2)23(25(31)27-17-21-8-6-7-15-26-21)29-24(30)20-13-11-19(12-14-20)16-28-34(32,33)22-9-4-3-5-10-22/h3-10,15,18-20,23,28H,11-14,16-17H2,1-2H3,(H,27,31)(H,29,30)/t19?,20?,23-/m0/s1. The molecular weight excluding hydrogens is 452 g/mol. The van der Waals surface area contributed by atoms with Gasteiger partial charge < -0.3 is 10.6 Å². The Balaban J connectivity index is 1.45. The molecule has 0 aliphatic heterocycles. The highest BCUT2D eigenvalue weighted by Crippen LogP contribution is 2.29. The predicted octanol–water partition coefficient (Wildman–Crippen LogP) is 2.62. The van der Waals surface area contributed by atoms with Crippen LogP contribution in [0.15, 0.2) is 59.6 Å². The molecule has 2 amide bonds. The second-order valence-electron chi connectivity index (χ2n) is 9.15. The van der Waals surface area contributed by atoms with Crippen molar-refractivity contribution in [2.45, 2.75) is 57.0 Å². The summed E-state index contributed by atoms with van der Waals surface area (Å²) in [6.07, 6.45) is 4.53. The van der Waals surface area contributed by atoms with Crippen molar-refractivity contribution >= 4 is 21.8 Å². The SMILES string of the molecule is CC(C)[C@H](NC(=O)C1CCC(CNS(=O)(=O)c2ccccc2)CC1)C(=O)NCc1ccccn1. The zero-order valence-corrected chi connectivity index (χ0v) is 20.6. The Morgan fingerprint density at radius 1 is 1.00 bits per heavy atom. The summed E-state index contributed by atoms with van der Waals surface area (Å²) < 4.78 is 27.5. The number of hydrogen-bond donors (Lipinski definition) is 3. The van der Waals surface area contributed by atoms with E-state index in [0.717, 1.165) is 18.5 Å². The Bertz CT molecular complexity index is 1040. The van der Waals surface area contributed by atoms with Gasteiger partial charge in [-0.15, -0.1) is 0 Å². The van der Waals surface area contributed by atoms with E-state index in [1.165, 1.54) is 0 Å². The van der Waals surface area contributed by atoms with Crippen LogP contribution in [0.3, 0.4) is 0 Å². The quantitative estimate of drug-likeness (QED) is 0.477. The van der Waals surface area contributed by atoms with Crippen LogP contribution in [-0.2, 0) is 26.2 Å². The summed E-state index contributed by atoms with van der Waals surface area (Å²) in [5.41, 5.74) is 0.755. The average molecular weight is 487 g/mol. The predicted molar refractivity (Wildman–Crippen MR) is 130 cm³/mol. The van der Waals surface area contributed by atoms with Gasteiger partial charge in [-0.2, -0.15) is 0 Å². The molecule has 3 N–H and O–H groups in total. The van der Waals surface area contributed by atoms with Gasteiger partial charge in [0.2, 0.25) is 21.8 Å². The highest BCUT2D eigenvalue weighted by atomic mass is 32.2. The van der Waals surface area contributed by atoms with Crippen molar-refractivity contribution in [2.24, 2.45) is 17.8 Å². The van der Waals surface area contributed by atoms with Crippen molar-refractivity contribution < 1.29 is 18.0 Å². The maximum absolute atomic E-state index is 12.9. The first-order valence-electron chi connectivity index (χ1n) is 11.8. The van der Waals surface area contributed by atoms with E-state index in [1.54, 1.807) is 36.5 Å². The summed E-state index contributed by atoms with van der Waals surface area (Å²) in [7, 11) is -3.53. The number of nitrogens with zero attached hydrogens (tertiary/aromatic N) is 1. The van der Waals surface area contributed by atoms with Crippen LogP contribution in [0.25, 0.3) is 0 Å². The molecule has 1 atom stereocenters. The van der Waals surface area contributed by atoms with Crippen LogP contribution in [0.4, 0.5) is 0 Å². The second-order valence-corrected chi connectivity index (χ2v) is 10.9. The van der Waals surface area contributed by atoms with Crippen LogP contribution in [0.2, 0.25) is 0 Å². The number of hydrogen-bond acceptors (Lipinski definition) is 5. The first kappa shape index (κ1) is 25.8. The van der Waals surface area contributed by atoms with Gasteiger partial charge in [-0.05, 0) is 61.8 Å². The zero-order valence-electron chi connectivity index (χ0n) is 19.7. The smallest absolute Gasteiger partial charge is 0.243 e. The minimum absolute atomic E-state index is 0.0589. The van der Waals surface area contributed by atoms with Crippen LogP contribution >= 0.6 is 0 Å². The topological polar surface area (TPSA) is 117 Å². The molecule has 1 aromatic carbocycles. The van der Waals surface area contributed by atoms with E-state index in [2.05, 4.69) is 20.3 Å². The van der Waals surface area contributed by atoms with Gasteiger partial charge in [0.15, 0.2) is 0 Å². The molecule has 0 radical (unpaired) electrons. The number of sulfonamides is 1. The molecule has 2 aromatic rings. The van der Waals surface area contributed by atoms with Gasteiger partial charge in [0.25, 0.3) is 0 Å². The molecule has 9 heteroatoms. The third kappa shape index (κ3) is 7.36. The van der Waals surface area contributed by atoms with Crippen LogP contribution < -0.4 is 15.4 Å². The van der Waals surface area contributed by atoms with E-state index in [1.807, 2.05) is 32.0 Å². The van der Waals surface area contributed by atoms with Crippen molar-refractivity contribution in [3.05, 3.63) is 60.4 Å². The third-order valence-corrected chi connectivity index (χ3v) is 7.69. The molecule has 8 nitrogen and oxygen atoms in total. The van der Waals surface area contributed by atoms with Gasteiger partial charge in [-0.1, -0.05) is 38.1 Å². The molecule has 184 valence electrons. The van der Waals surface area contributed by atoms with Gasteiger partial charge in [-0.3, -0.25) is 14.6 Å². The Morgan fingerprint density at radius 2 is 1.68 bits per heavy atom. The second kappa shape index (κ2) is 12.1. The van der Waals surface area contributed by atoms with Crippen molar-refractivity contribution in [3.63, 3.8) is 0 Å². The molecular formula is C25H34N4O4S. The van der Waals surface area contributed by atoms with Crippen LogP contribution in [0.5, 0.6) is 0 Å². The molecule has 0 unspecified atom stereocenters. The van der Waals surface area contributed by atoms with Crippen molar-refractivity contribution in [1.29, 1.82) is 0 Å². The number of amides is 2. The number of rotatable bonds is 10. The van der Waals surface area contributed by atoms with Gasteiger partial charge in [-0.25, -0.2) is 13.1 Å². The van der Waals surface area contributed by atoms with Gasteiger partial charge in [0.05, 0.1) is 17.1 Å². The molecule has 1 aliphatic rings. The van der Waals surface area contributed by atoms with Gasteiger partial charge >= 0.3 is 0 Å². The fraction of sp³-hybridized carbons (Fsp3) is 0.480. The zero-order chi connectivity index (χ0) is 24.6. The van der Waals surface area contributed by atoms with Crippen molar-refractivity contribution in [1.82, 2.24) is 20.3 Å². The molecule has 1 saturated carbocycles. The highest BCUT2D eigenvalue weighted by molar-refractivity contribution is 7.89. The Labute approximate surface area is 202 Å². The average Bonchev–Trinajstić information content (AvgIpc) is 2.86. The summed E-state index contributed by atoms with van der Waals surface area (Å²) in [6, 6.07) is 13.2. The molecule has 1 fully saturated rings. The monoisotopic (exact) mass is 486 g/mol. The molecule has 0 bridgehead atoms. The number of carbonyl (C=O) groups is 2. The summed E-state index contributed by atoms with van der Waals surface area (Å²) in [5.74, 6) is -0.388. The molecule has 0 spiro atoms. The molecule has 0 saturated heterocycles. The molecule has 1 heterocycles. The van der Waals surface area contributed by atoms with Gasteiger partial charge in [0, 0.05) is 18.7 Å². The number of benzene rings is 1. The van der Waals surface area contributed by atoms with Crippen LogP contribution in [0, 0.1) is 17.8 Å². The van der Waals surface area contributed by atoms with Crippen molar-refractivity contribution in [2.75, 3.05) is 6.54 Å². The lowest BCUT2D eigenvalue weighted by molar-refractivity contribution is -0.133. The normalized spacial score (nSPS) is 19.4. The van der Waals surface area contributed by atoms with E-state index in [-0.39, 0.29) is 34.5 Å². The Hall–Kier alpha value is -2.78. The number of aromatic nitrogens is 1. The summed E-state index contributed by atoms with van der Waals surface area (Å²) >= 11 is 0. The number of carbonyl (C=O) groups excluding carboxylic acids is 2. The Morgan fingerprint density at radius 3 is 2.29 bits per heavy atom. The molecule has 34 heavy (non-hydrogen) atoms. The van der Waals surface area contributed by atoms with Crippen LogP contribution in [-0.4, -0.2) is 37.8 Å². The van der Waals surface area contributed by atoms with E-state index in [0.29, 0.717) is 25.9 Å². The number of pyridine rings is 1. The summed E-state index contributed by atoms with van der Waals surface area (Å²) in [4.78, 5) is 30.0. The summed E-state index contributed by atoms with van der Waals surface area (Å²) in [5, 5.41) is 5.79.